The molecule has 1 aromatic carbocycles. The van der Waals surface area contributed by atoms with Gasteiger partial charge >= 0.3 is 6.18 Å². The molecular weight excluding hydrogens is 325 g/mol. The first-order valence-corrected chi connectivity index (χ1v) is 7.75. The molecule has 1 aliphatic rings. The van der Waals surface area contributed by atoms with E-state index in [1.165, 1.54) is 0 Å². The third-order valence-corrected chi connectivity index (χ3v) is 3.98. The third-order valence-electron chi connectivity index (χ3n) is 3.98. The zero-order valence-corrected chi connectivity index (χ0v) is 13.4. The lowest BCUT2D eigenvalue weighted by molar-refractivity contribution is -0.136. The van der Waals surface area contributed by atoms with Gasteiger partial charge in [-0.05, 0) is 17.7 Å². The number of aliphatic hydroxyl groups is 1. The maximum atomic E-state index is 13.3. The van der Waals surface area contributed by atoms with Crippen LogP contribution >= 0.6 is 0 Å². The van der Waals surface area contributed by atoms with Gasteiger partial charge in [-0.15, -0.1) is 0 Å². The molecule has 1 fully saturated rings. The average molecular weight is 344 g/mol. The minimum Gasteiger partial charge on any atom is -0.440 e. The number of oxazole rings is 1. The Morgan fingerprint density at radius 1 is 1.33 bits per heavy atom. The minimum atomic E-state index is -4.53. The van der Waals surface area contributed by atoms with E-state index in [-0.39, 0.29) is 42.1 Å². The van der Waals surface area contributed by atoms with E-state index in [0.29, 0.717) is 12.2 Å². The van der Waals surface area contributed by atoms with Crippen LogP contribution in [0.3, 0.4) is 0 Å². The molecule has 1 aliphatic heterocycles. The molecule has 1 saturated heterocycles. The number of hydrogen-bond acceptors (Lipinski definition) is 5. The molecule has 24 heavy (non-hydrogen) atoms. The normalized spacial score (nSPS) is 22.0. The fraction of sp³-hybridized carbons (Fsp3) is 0.562. The van der Waals surface area contributed by atoms with Crippen LogP contribution in [0.25, 0.3) is 11.1 Å². The Morgan fingerprint density at radius 3 is 2.67 bits per heavy atom. The molecule has 5 nitrogen and oxygen atoms in total. The molecule has 0 saturated carbocycles. The summed E-state index contributed by atoms with van der Waals surface area (Å²) >= 11 is 0. The first kappa shape index (κ1) is 17.2. The summed E-state index contributed by atoms with van der Waals surface area (Å²) < 4.78 is 50.5. The molecule has 2 atom stereocenters. The summed E-state index contributed by atoms with van der Waals surface area (Å²) in [5.74, 6) is 0.172. The number of halogens is 3. The molecule has 2 heterocycles. The van der Waals surface area contributed by atoms with E-state index < -0.39 is 17.8 Å². The quantitative estimate of drug-likeness (QED) is 0.893. The molecule has 0 spiro atoms. The maximum Gasteiger partial charge on any atom is 0.420 e. The van der Waals surface area contributed by atoms with Crippen molar-refractivity contribution in [3.8, 4) is 0 Å². The standard InChI is InChI=1S/C16H19F3N2O3/c1-8(2)15-21-11-4-9(5-20-12-6-23-7-13(12)22)3-10(14(11)24-15)16(17,18)19/h3-4,8,12-13,20,22H,5-7H2,1-2H3/t12-,13+/m0/s1. The van der Waals surface area contributed by atoms with Crippen LogP contribution in [0.1, 0.15) is 36.8 Å². The number of benzene rings is 1. The van der Waals surface area contributed by atoms with E-state index in [1.54, 1.807) is 6.07 Å². The number of nitrogens with one attached hydrogen (secondary N) is 1. The number of aromatic nitrogens is 1. The van der Waals surface area contributed by atoms with Crippen LogP contribution in [0.5, 0.6) is 0 Å². The van der Waals surface area contributed by atoms with Crippen molar-refractivity contribution in [3.63, 3.8) is 0 Å². The van der Waals surface area contributed by atoms with E-state index in [0.717, 1.165) is 6.07 Å². The van der Waals surface area contributed by atoms with Gasteiger partial charge in [-0.1, -0.05) is 13.8 Å². The topological polar surface area (TPSA) is 67.5 Å². The summed E-state index contributed by atoms with van der Waals surface area (Å²) in [6.07, 6.45) is -5.19. The van der Waals surface area contributed by atoms with Gasteiger partial charge in [0.15, 0.2) is 11.5 Å². The summed E-state index contributed by atoms with van der Waals surface area (Å²) in [4.78, 5) is 4.17. The van der Waals surface area contributed by atoms with Gasteiger partial charge in [0, 0.05) is 12.5 Å². The SMILES string of the molecule is CC(C)c1nc2cc(CN[C@H]3COC[C@H]3O)cc(C(F)(F)F)c2o1. The second-order valence-electron chi connectivity index (χ2n) is 6.29. The molecular formula is C16H19F3N2O3. The van der Waals surface area contributed by atoms with Gasteiger partial charge in [0.1, 0.15) is 11.1 Å². The summed E-state index contributed by atoms with van der Waals surface area (Å²) in [5.41, 5.74) is -0.454. The van der Waals surface area contributed by atoms with Crippen molar-refractivity contribution < 1.29 is 27.4 Å². The monoisotopic (exact) mass is 344 g/mol. The zero-order chi connectivity index (χ0) is 17.5. The van der Waals surface area contributed by atoms with E-state index in [2.05, 4.69) is 10.3 Å². The van der Waals surface area contributed by atoms with Gasteiger partial charge in [0.2, 0.25) is 0 Å². The molecule has 1 aromatic heterocycles. The van der Waals surface area contributed by atoms with Crippen molar-refractivity contribution in [1.29, 1.82) is 0 Å². The molecule has 0 radical (unpaired) electrons. The predicted octanol–water partition coefficient (Wildman–Crippen LogP) is 2.82. The number of aliphatic hydroxyl groups excluding tert-OH is 1. The smallest absolute Gasteiger partial charge is 0.420 e. The highest BCUT2D eigenvalue weighted by molar-refractivity contribution is 5.78. The largest absolute Gasteiger partial charge is 0.440 e. The van der Waals surface area contributed by atoms with Crippen molar-refractivity contribution in [2.75, 3.05) is 13.2 Å². The van der Waals surface area contributed by atoms with Crippen LogP contribution in [-0.2, 0) is 17.5 Å². The summed E-state index contributed by atoms with van der Waals surface area (Å²) in [6.45, 7) is 4.35. The van der Waals surface area contributed by atoms with Gasteiger partial charge < -0.3 is 19.6 Å². The number of rotatable bonds is 4. The zero-order valence-electron chi connectivity index (χ0n) is 13.4. The molecule has 132 valence electrons. The van der Waals surface area contributed by atoms with Crippen molar-refractivity contribution >= 4 is 11.1 Å². The lowest BCUT2D eigenvalue weighted by Crippen LogP contribution is -2.38. The average Bonchev–Trinajstić information content (AvgIpc) is 3.09. The van der Waals surface area contributed by atoms with Gasteiger partial charge in [0.25, 0.3) is 0 Å². The maximum absolute atomic E-state index is 13.3. The fourth-order valence-corrected chi connectivity index (χ4v) is 2.65. The Hall–Kier alpha value is -1.64. The van der Waals surface area contributed by atoms with Gasteiger partial charge in [-0.25, -0.2) is 4.98 Å². The van der Waals surface area contributed by atoms with Gasteiger partial charge in [-0.3, -0.25) is 0 Å². The van der Waals surface area contributed by atoms with Crippen LogP contribution in [0, 0.1) is 0 Å². The number of alkyl halides is 3. The number of nitrogens with zero attached hydrogens (tertiary/aromatic N) is 1. The lowest BCUT2D eigenvalue weighted by Gasteiger charge is -2.15. The highest BCUT2D eigenvalue weighted by atomic mass is 19.4. The molecule has 0 aliphatic carbocycles. The third kappa shape index (κ3) is 3.40. The highest BCUT2D eigenvalue weighted by Crippen LogP contribution is 2.37. The first-order chi connectivity index (χ1) is 11.3. The number of hydrogen-bond donors (Lipinski definition) is 2. The van der Waals surface area contributed by atoms with Gasteiger partial charge in [0.05, 0.1) is 25.4 Å². The second-order valence-corrected chi connectivity index (χ2v) is 6.29. The van der Waals surface area contributed by atoms with Crippen molar-refractivity contribution in [1.82, 2.24) is 10.3 Å². The summed E-state index contributed by atoms with van der Waals surface area (Å²) in [5, 5.41) is 12.7. The Morgan fingerprint density at radius 2 is 2.08 bits per heavy atom. The van der Waals surface area contributed by atoms with Crippen molar-refractivity contribution in [3.05, 3.63) is 29.2 Å². The lowest BCUT2D eigenvalue weighted by atomic mass is 10.1. The van der Waals surface area contributed by atoms with E-state index in [4.69, 9.17) is 9.15 Å². The van der Waals surface area contributed by atoms with E-state index in [9.17, 15) is 18.3 Å². The van der Waals surface area contributed by atoms with Crippen LogP contribution in [-0.4, -0.2) is 35.5 Å². The molecule has 2 N–H and O–H groups in total. The number of fused-ring (bicyclic) bond motifs is 1. The molecule has 8 heteroatoms. The molecule has 0 bridgehead atoms. The van der Waals surface area contributed by atoms with Crippen LogP contribution in [0.4, 0.5) is 13.2 Å². The Labute approximate surface area is 136 Å². The molecule has 2 aromatic rings. The van der Waals surface area contributed by atoms with Crippen LogP contribution in [0.2, 0.25) is 0 Å². The second kappa shape index (κ2) is 6.34. The molecule has 0 unspecified atom stereocenters. The first-order valence-electron chi connectivity index (χ1n) is 7.75. The molecule has 0 amide bonds. The Kier molecular flexibility index (Phi) is 4.54. The Balaban J connectivity index is 1.93. The summed E-state index contributed by atoms with van der Waals surface area (Å²) in [6, 6.07) is 2.35. The molecule has 3 rings (SSSR count). The van der Waals surface area contributed by atoms with Crippen molar-refractivity contribution in [2.24, 2.45) is 0 Å². The van der Waals surface area contributed by atoms with Crippen LogP contribution in [0.15, 0.2) is 16.5 Å². The Bertz CT molecular complexity index is 727. The number of ether oxygens (including phenoxy) is 1. The fourth-order valence-electron chi connectivity index (χ4n) is 2.65. The predicted molar refractivity (Wildman–Crippen MR) is 80.6 cm³/mol. The highest BCUT2D eigenvalue weighted by Gasteiger charge is 2.35. The van der Waals surface area contributed by atoms with E-state index in [1.807, 2.05) is 13.8 Å². The van der Waals surface area contributed by atoms with E-state index >= 15 is 0 Å². The van der Waals surface area contributed by atoms with Crippen LogP contribution < -0.4 is 5.32 Å². The van der Waals surface area contributed by atoms with Crippen molar-refractivity contribution in [2.45, 2.75) is 44.6 Å². The summed E-state index contributed by atoms with van der Waals surface area (Å²) in [7, 11) is 0. The minimum absolute atomic E-state index is 0.106. The van der Waals surface area contributed by atoms with Gasteiger partial charge in [-0.2, -0.15) is 13.2 Å².